The molecule has 0 aliphatic rings. The maximum absolute atomic E-state index is 11.4. The highest BCUT2D eigenvalue weighted by atomic mass is 16.4. The molecule has 0 heterocycles. The Hall–Kier alpha value is -1.88. The summed E-state index contributed by atoms with van der Waals surface area (Å²) in [5.41, 5.74) is 1.95. The second-order valence-electron chi connectivity index (χ2n) is 3.82. The summed E-state index contributed by atoms with van der Waals surface area (Å²) in [6, 6.07) is 7.47. The highest BCUT2D eigenvalue weighted by molar-refractivity contribution is 5.79. The number of carboxylic acid groups (broad SMARTS) is 1. The average Bonchev–Trinajstić information content (AvgIpc) is 2.29. The molecule has 5 heteroatoms. The minimum atomic E-state index is -1.56. The Morgan fingerprint density at radius 1 is 1.29 bits per heavy atom. The SMILES string of the molecule is Cc1ccc(CC(=O)NCC(O)C(=O)O)cc1. The van der Waals surface area contributed by atoms with Gasteiger partial charge in [0.15, 0.2) is 6.10 Å². The Morgan fingerprint density at radius 2 is 1.88 bits per heavy atom. The molecule has 0 bridgehead atoms. The van der Waals surface area contributed by atoms with Gasteiger partial charge in [-0.3, -0.25) is 4.79 Å². The molecule has 0 saturated carbocycles. The van der Waals surface area contributed by atoms with Crippen molar-refractivity contribution < 1.29 is 19.8 Å². The van der Waals surface area contributed by atoms with Crippen LogP contribution in [0.4, 0.5) is 0 Å². The van der Waals surface area contributed by atoms with E-state index in [1.807, 2.05) is 31.2 Å². The second kappa shape index (κ2) is 6.00. The predicted octanol–water partition coefficient (Wildman–Crippen LogP) is 0.0992. The molecule has 5 nitrogen and oxygen atoms in total. The largest absolute Gasteiger partial charge is 0.479 e. The maximum atomic E-state index is 11.4. The molecular weight excluding hydrogens is 222 g/mol. The molecule has 0 aromatic heterocycles. The van der Waals surface area contributed by atoms with E-state index < -0.39 is 12.1 Å². The molecule has 0 aliphatic heterocycles. The lowest BCUT2D eigenvalue weighted by Gasteiger charge is -2.07. The van der Waals surface area contributed by atoms with E-state index in [1.165, 1.54) is 0 Å². The lowest BCUT2D eigenvalue weighted by Crippen LogP contribution is -2.37. The summed E-state index contributed by atoms with van der Waals surface area (Å²) in [6.07, 6.45) is -1.39. The maximum Gasteiger partial charge on any atom is 0.334 e. The van der Waals surface area contributed by atoms with Crippen molar-refractivity contribution in [2.24, 2.45) is 0 Å². The van der Waals surface area contributed by atoms with E-state index in [2.05, 4.69) is 5.32 Å². The Bertz CT molecular complexity index is 399. The van der Waals surface area contributed by atoms with Gasteiger partial charge in [0.05, 0.1) is 13.0 Å². The van der Waals surface area contributed by atoms with E-state index in [9.17, 15) is 9.59 Å². The number of benzene rings is 1. The number of aliphatic hydroxyl groups is 1. The van der Waals surface area contributed by atoms with Crippen molar-refractivity contribution in [3.8, 4) is 0 Å². The number of amides is 1. The zero-order chi connectivity index (χ0) is 12.8. The zero-order valence-corrected chi connectivity index (χ0v) is 9.51. The van der Waals surface area contributed by atoms with Gasteiger partial charge in [-0.25, -0.2) is 4.79 Å². The molecule has 0 spiro atoms. The van der Waals surface area contributed by atoms with Crippen LogP contribution in [0.1, 0.15) is 11.1 Å². The summed E-state index contributed by atoms with van der Waals surface area (Å²) >= 11 is 0. The van der Waals surface area contributed by atoms with E-state index >= 15 is 0 Å². The molecule has 1 unspecified atom stereocenters. The van der Waals surface area contributed by atoms with Crippen LogP contribution < -0.4 is 5.32 Å². The first-order chi connectivity index (χ1) is 7.99. The summed E-state index contributed by atoms with van der Waals surface area (Å²) < 4.78 is 0. The van der Waals surface area contributed by atoms with Crippen LogP contribution in [0.2, 0.25) is 0 Å². The number of rotatable bonds is 5. The number of aliphatic carboxylic acids is 1. The summed E-state index contributed by atoms with van der Waals surface area (Å²) in [5.74, 6) is -1.66. The fourth-order valence-corrected chi connectivity index (χ4v) is 1.25. The lowest BCUT2D eigenvalue weighted by molar-refractivity contribution is -0.146. The third-order valence-corrected chi connectivity index (χ3v) is 2.26. The Balaban J connectivity index is 2.39. The Kier molecular flexibility index (Phi) is 4.66. The topological polar surface area (TPSA) is 86.6 Å². The number of aryl methyl sites for hydroxylation is 1. The van der Waals surface area contributed by atoms with Gasteiger partial charge < -0.3 is 15.5 Å². The minimum absolute atomic E-state index is 0.173. The van der Waals surface area contributed by atoms with Gasteiger partial charge in [-0.15, -0.1) is 0 Å². The van der Waals surface area contributed by atoms with Crippen molar-refractivity contribution in [1.29, 1.82) is 0 Å². The highest BCUT2D eigenvalue weighted by Crippen LogP contribution is 2.03. The normalized spacial score (nSPS) is 11.9. The smallest absolute Gasteiger partial charge is 0.334 e. The molecule has 17 heavy (non-hydrogen) atoms. The standard InChI is InChI=1S/C12H15NO4/c1-8-2-4-9(5-3-8)6-11(15)13-7-10(14)12(16)17/h2-5,10,14H,6-7H2,1H3,(H,13,15)(H,16,17). The van der Waals surface area contributed by atoms with E-state index in [0.717, 1.165) is 11.1 Å². The van der Waals surface area contributed by atoms with Crippen LogP contribution in [0.3, 0.4) is 0 Å². The van der Waals surface area contributed by atoms with Crippen molar-refractivity contribution in [3.05, 3.63) is 35.4 Å². The molecule has 1 atom stereocenters. The predicted molar refractivity (Wildman–Crippen MR) is 61.5 cm³/mol. The van der Waals surface area contributed by atoms with Gasteiger partial charge in [0.25, 0.3) is 0 Å². The van der Waals surface area contributed by atoms with Crippen molar-refractivity contribution in [2.45, 2.75) is 19.4 Å². The molecule has 1 rings (SSSR count). The van der Waals surface area contributed by atoms with Gasteiger partial charge in [-0.05, 0) is 12.5 Å². The van der Waals surface area contributed by atoms with E-state index in [0.29, 0.717) is 0 Å². The van der Waals surface area contributed by atoms with Crippen LogP contribution in [0.15, 0.2) is 24.3 Å². The van der Waals surface area contributed by atoms with Crippen LogP contribution in [0.25, 0.3) is 0 Å². The highest BCUT2D eigenvalue weighted by Gasteiger charge is 2.13. The van der Waals surface area contributed by atoms with E-state index in [-0.39, 0.29) is 18.9 Å². The number of carboxylic acids is 1. The molecule has 0 aliphatic carbocycles. The summed E-state index contributed by atoms with van der Waals surface area (Å²) in [7, 11) is 0. The number of nitrogens with one attached hydrogen (secondary N) is 1. The number of carbonyl (C=O) groups is 2. The lowest BCUT2D eigenvalue weighted by atomic mass is 10.1. The van der Waals surface area contributed by atoms with Crippen LogP contribution in [-0.4, -0.2) is 34.7 Å². The van der Waals surface area contributed by atoms with Gasteiger partial charge >= 0.3 is 5.97 Å². The minimum Gasteiger partial charge on any atom is -0.479 e. The first-order valence-electron chi connectivity index (χ1n) is 5.22. The number of hydrogen-bond donors (Lipinski definition) is 3. The Labute approximate surface area is 99.1 Å². The van der Waals surface area contributed by atoms with Crippen molar-refractivity contribution in [1.82, 2.24) is 5.32 Å². The second-order valence-corrected chi connectivity index (χ2v) is 3.82. The van der Waals surface area contributed by atoms with E-state index in [1.54, 1.807) is 0 Å². The van der Waals surface area contributed by atoms with Crippen LogP contribution in [-0.2, 0) is 16.0 Å². The van der Waals surface area contributed by atoms with E-state index in [4.69, 9.17) is 10.2 Å². The third kappa shape index (κ3) is 4.65. The van der Waals surface area contributed by atoms with Crippen LogP contribution in [0, 0.1) is 6.92 Å². The van der Waals surface area contributed by atoms with Crippen LogP contribution >= 0.6 is 0 Å². The monoisotopic (exact) mass is 237 g/mol. The zero-order valence-electron chi connectivity index (χ0n) is 9.51. The number of hydrogen-bond acceptors (Lipinski definition) is 3. The molecule has 92 valence electrons. The summed E-state index contributed by atoms with van der Waals surface area (Å²) in [4.78, 5) is 21.7. The molecule has 3 N–H and O–H groups in total. The van der Waals surface area contributed by atoms with Crippen molar-refractivity contribution in [3.63, 3.8) is 0 Å². The third-order valence-electron chi connectivity index (χ3n) is 2.26. The first-order valence-corrected chi connectivity index (χ1v) is 5.22. The van der Waals surface area contributed by atoms with Gasteiger partial charge in [-0.1, -0.05) is 29.8 Å². The molecule has 0 radical (unpaired) electrons. The molecular formula is C12H15NO4. The first kappa shape index (κ1) is 13.2. The quantitative estimate of drug-likeness (QED) is 0.678. The van der Waals surface area contributed by atoms with Gasteiger partial charge in [-0.2, -0.15) is 0 Å². The van der Waals surface area contributed by atoms with Gasteiger partial charge in [0, 0.05) is 0 Å². The molecule has 0 saturated heterocycles. The van der Waals surface area contributed by atoms with Gasteiger partial charge in [0.1, 0.15) is 0 Å². The number of aliphatic hydroxyl groups excluding tert-OH is 1. The van der Waals surface area contributed by atoms with Crippen molar-refractivity contribution in [2.75, 3.05) is 6.54 Å². The molecule has 1 aromatic rings. The van der Waals surface area contributed by atoms with Crippen LogP contribution in [0.5, 0.6) is 0 Å². The molecule has 0 fully saturated rings. The molecule has 1 aromatic carbocycles. The average molecular weight is 237 g/mol. The Morgan fingerprint density at radius 3 is 2.41 bits per heavy atom. The summed E-state index contributed by atoms with van der Waals surface area (Å²) in [5, 5.41) is 19.7. The van der Waals surface area contributed by atoms with Crippen molar-refractivity contribution >= 4 is 11.9 Å². The number of carbonyl (C=O) groups excluding carboxylic acids is 1. The summed E-state index contributed by atoms with van der Waals surface area (Å²) in [6.45, 7) is 1.67. The fraction of sp³-hybridized carbons (Fsp3) is 0.333. The molecule has 1 amide bonds. The van der Waals surface area contributed by atoms with Gasteiger partial charge in [0.2, 0.25) is 5.91 Å². The fourth-order valence-electron chi connectivity index (χ4n) is 1.25.